The Kier molecular flexibility index (Phi) is 3.82. The Morgan fingerprint density at radius 1 is 1.62 bits per heavy atom. The Morgan fingerprint density at radius 2 is 2.31 bits per heavy atom. The van der Waals surface area contributed by atoms with Crippen molar-refractivity contribution >= 4 is 30.5 Å². The van der Waals surface area contributed by atoms with E-state index in [-0.39, 0.29) is 5.92 Å². The molecule has 0 aliphatic rings. The number of hydrogen-bond acceptors (Lipinski definition) is 2. The number of hydrogen-bond donors (Lipinski definition) is 1. The third-order valence-corrected chi connectivity index (χ3v) is 2.70. The van der Waals surface area contributed by atoms with Crippen molar-refractivity contribution in [3.63, 3.8) is 0 Å². The van der Waals surface area contributed by atoms with Gasteiger partial charge >= 0.3 is 0 Å². The lowest BCUT2D eigenvalue weighted by Gasteiger charge is -2.11. The predicted molar refractivity (Wildman–Crippen MR) is 57.7 cm³/mol. The van der Waals surface area contributed by atoms with E-state index in [0.29, 0.717) is 5.88 Å². The second kappa shape index (κ2) is 4.68. The molecule has 0 radical (unpaired) electrons. The normalized spacial score (nSPS) is 12.5. The highest BCUT2D eigenvalue weighted by molar-refractivity contribution is 7.80. The third kappa shape index (κ3) is 2.26. The number of rotatable bonds is 3. The van der Waals surface area contributed by atoms with E-state index < -0.39 is 0 Å². The lowest BCUT2D eigenvalue weighted by atomic mass is 9.98. The molecule has 1 nitrogen and oxygen atoms in total. The van der Waals surface area contributed by atoms with Gasteiger partial charge in [-0.25, -0.2) is 0 Å². The largest absolute Gasteiger partial charge is 0.303 e. The van der Waals surface area contributed by atoms with E-state index in [4.69, 9.17) is 11.6 Å². The number of alkyl halides is 1. The van der Waals surface area contributed by atoms with E-state index in [1.807, 2.05) is 25.1 Å². The maximum absolute atomic E-state index is 10.6. The summed E-state index contributed by atoms with van der Waals surface area (Å²) in [6, 6.07) is 5.67. The molecule has 1 atom stereocenters. The molecule has 1 aromatic rings. The zero-order valence-electron chi connectivity index (χ0n) is 7.33. The fourth-order valence-corrected chi connectivity index (χ4v) is 1.92. The van der Waals surface area contributed by atoms with E-state index in [1.165, 1.54) is 0 Å². The van der Waals surface area contributed by atoms with Gasteiger partial charge in [-0.05, 0) is 17.2 Å². The molecule has 0 aliphatic heterocycles. The highest BCUT2D eigenvalue weighted by Crippen LogP contribution is 2.25. The molecule has 70 valence electrons. The van der Waals surface area contributed by atoms with Gasteiger partial charge in [-0.3, -0.25) is 0 Å². The van der Waals surface area contributed by atoms with Gasteiger partial charge in [0.1, 0.15) is 6.29 Å². The second-order valence-electron chi connectivity index (χ2n) is 2.90. The Bertz CT molecular complexity index is 312. The van der Waals surface area contributed by atoms with E-state index >= 15 is 0 Å². The number of benzene rings is 1. The molecule has 1 rings (SSSR count). The maximum Gasteiger partial charge on any atom is 0.127 e. The monoisotopic (exact) mass is 214 g/mol. The van der Waals surface area contributed by atoms with Crippen LogP contribution in [0.2, 0.25) is 0 Å². The van der Waals surface area contributed by atoms with Gasteiger partial charge in [0.25, 0.3) is 0 Å². The van der Waals surface area contributed by atoms with Crippen LogP contribution in [-0.4, -0.2) is 6.29 Å². The molecule has 0 saturated heterocycles. The fraction of sp³-hybridized carbons (Fsp3) is 0.300. The molecular formula is C10H11ClOS. The highest BCUT2D eigenvalue weighted by Gasteiger charge is 2.10. The van der Waals surface area contributed by atoms with Crippen molar-refractivity contribution in [3.8, 4) is 0 Å². The Hall–Kier alpha value is -0.470. The van der Waals surface area contributed by atoms with Gasteiger partial charge in [-0.15, -0.1) is 24.2 Å². The van der Waals surface area contributed by atoms with Gasteiger partial charge in [-0.2, -0.15) is 0 Å². The van der Waals surface area contributed by atoms with E-state index in [0.717, 1.165) is 22.3 Å². The van der Waals surface area contributed by atoms with Crippen molar-refractivity contribution in [1.29, 1.82) is 0 Å². The standard InChI is InChI=1S/C10H11ClOS/c1-7(6-12)8-3-2-4-10(13)9(8)5-11/h2-4,6-7,13H,5H2,1H3. The van der Waals surface area contributed by atoms with Gasteiger partial charge in [-0.1, -0.05) is 19.1 Å². The number of halogens is 1. The van der Waals surface area contributed by atoms with Crippen LogP contribution in [0, 0.1) is 0 Å². The summed E-state index contributed by atoms with van der Waals surface area (Å²) in [5.41, 5.74) is 1.92. The Labute approximate surface area is 88.5 Å². The lowest BCUT2D eigenvalue weighted by molar-refractivity contribution is -0.108. The molecule has 0 aromatic heterocycles. The van der Waals surface area contributed by atoms with Crippen molar-refractivity contribution in [3.05, 3.63) is 29.3 Å². The minimum absolute atomic E-state index is 0.110. The highest BCUT2D eigenvalue weighted by atomic mass is 35.5. The van der Waals surface area contributed by atoms with Crippen LogP contribution in [0.3, 0.4) is 0 Å². The minimum Gasteiger partial charge on any atom is -0.303 e. The number of carbonyl (C=O) groups is 1. The molecule has 13 heavy (non-hydrogen) atoms. The molecule has 0 aliphatic carbocycles. The Balaban J connectivity index is 3.19. The smallest absolute Gasteiger partial charge is 0.127 e. The Morgan fingerprint density at radius 3 is 2.85 bits per heavy atom. The summed E-state index contributed by atoms with van der Waals surface area (Å²) in [5.74, 6) is 0.286. The summed E-state index contributed by atoms with van der Waals surface area (Å²) >= 11 is 10.1. The van der Waals surface area contributed by atoms with Crippen LogP contribution in [0.1, 0.15) is 24.0 Å². The van der Waals surface area contributed by atoms with Crippen LogP contribution in [-0.2, 0) is 10.7 Å². The first kappa shape index (κ1) is 10.6. The molecule has 0 saturated carbocycles. The van der Waals surface area contributed by atoms with E-state index in [1.54, 1.807) is 0 Å². The van der Waals surface area contributed by atoms with Crippen LogP contribution in [0.15, 0.2) is 23.1 Å². The third-order valence-electron chi connectivity index (χ3n) is 2.02. The fourth-order valence-electron chi connectivity index (χ4n) is 1.24. The molecule has 0 spiro atoms. The summed E-state index contributed by atoms with van der Waals surface area (Å²) in [4.78, 5) is 11.5. The minimum atomic E-state index is -0.110. The first-order valence-corrected chi connectivity index (χ1v) is 5.01. The predicted octanol–water partition coefficient (Wildman–Crippen LogP) is 3.02. The molecule has 3 heteroatoms. The van der Waals surface area contributed by atoms with Gasteiger partial charge in [0.15, 0.2) is 0 Å². The van der Waals surface area contributed by atoms with Crippen molar-refractivity contribution in [2.75, 3.05) is 0 Å². The molecule has 0 fully saturated rings. The summed E-state index contributed by atoms with van der Waals surface area (Å²) < 4.78 is 0. The second-order valence-corrected chi connectivity index (χ2v) is 3.65. The average Bonchev–Trinajstić information content (AvgIpc) is 2.16. The van der Waals surface area contributed by atoms with Crippen LogP contribution >= 0.6 is 24.2 Å². The molecule has 1 unspecified atom stereocenters. The van der Waals surface area contributed by atoms with Crippen molar-refractivity contribution in [2.24, 2.45) is 0 Å². The molecule has 0 bridgehead atoms. The van der Waals surface area contributed by atoms with Crippen LogP contribution in [0.5, 0.6) is 0 Å². The molecule has 0 heterocycles. The van der Waals surface area contributed by atoms with E-state index in [2.05, 4.69) is 12.6 Å². The van der Waals surface area contributed by atoms with Crippen LogP contribution in [0.4, 0.5) is 0 Å². The van der Waals surface area contributed by atoms with Gasteiger partial charge < -0.3 is 4.79 Å². The van der Waals surface area contributed by atoms with Crippen molar-refractivity contribution < 1.29 is 4.79 Å². The zero-order valence-corrected chi connectivity index (χ0v) is 8.98. The summed E-state index contributed by atoms with van der Waals surface area (Å²) in [7, 11) is 0. The average molecular weight is 215 g/mol. The quantitative estimate of drug-likeness (QED) is 0.465. The summed E-state index contributed by atoms with van der Waals surface area (Å²) in [6.07, 6.45) is 0.915. The lowest BCUT2D eigenvalue weighted by Crippen LogP contribution is -1.99. The topological polar surface area (TPSA) is 17.1 Å². The van der Waals surface area contributed by atoms with E-state index in [9.17, 15) is 4.79 Å². The number of aldehydes is 1. The van der Waals surface area contributed by atoms with Crippen LogP contribution in [0.25, 0.3) is 0 Å². The van der Waals surface area contributed by atoms with Gasteiger partial charge in [0.2, 0.25) is 0 Å². The van der Waals surface area contributed by atoms with Crippen LogP contribution < -0.4 is 0 Å². The van der Waals surface area contributed by atoms with Crippen molar-refractivity contribution in [2.45, 2.75) is 23.6 Å². The first-order valence-electron chi connectivity index (χ1n) is 4.02. The molecule has 0 amide bonds. The molecular weight excluding hydrogens is 204 g/mol. The van der Waals surface area contributed by atoms with Gasteiger partial charge in [0.05, 0.1) is 0 Å². The first-order chi connectivity index (χ1) is 6.20. The maximum atomic E-state index is 10.6. The zero-order chi connectivity index (χ0) is 9.84. The van der Waals surface area contributed by atoms with Gasteiger partial charge in [0, 0.05) is 16.7 Å². The molecule has 1 aromatic carbocycles. The SMILES string of the molecule is CC(C=O)c1cccc(S)c1CCl. The summed E-state index contributed by atoms with van der Waals surface area (Å²) in [5, 5.41) is 0. The number of thiol groups is 1. The number of carbonyl (C=O) groups excluding carboxylic acids is 1. The molecule has 0 N–H and O–H groups in total. The van der Waals surface area contributed by atoms with Crippen molar-refractivity contribution in [1.82, 2.24) is 0 Å². The summed E-state index contributed by atoms with van der Waals surface area (Å²) in [6.45, 7) is 1.85.